The Hall–Kier alpha value is -2.63. The number of benzene rings is 2. The molecule has 1 fully saturated rings. The van der Waals surface area contributed by atoms with Gasteiger partial charge in [-0.25, -0.2) is 13.6 Å². The molecule has 1 aliphatic rings. The van der Waals surface area contributed by atoms with Gasteiger partial charge in [-0.3, -0.25) is 0 Å². The Morgan fingerprint density at radius 1 is 1.25 bits per heavy atom. The summed E-state index contributed by atoms with van der Waals surface area (Å²) in [6.07, 6.45) is 1.69. The van der Waals surface area contributed by atoms with Crippen molar-refractivity contribution < 1.29 is 18.3 Å². The molecule has 0 bridgehead atoms. The Morgan fingerprint density at radius 2 is 2.08 bits per heavy atom. The number of urea groups is 1. The van der Waals surface area contributed by atoms with Crippen LogP contribution >= 0.6 is 0 Å². The highest BCUT2D eigenvalue weighted by molar-refractivity contribution is 5.90. The molecule has 1 aliphatic heterocycles. The minimum atomic E-state index is -0.791. The monoisotopic (exact) mass is 332 g/mol. The molecule has 0 spiro atoms. The number of halogens is 2. The molecular formula is C18H18F2N2O2. The molecule has 0 radical (unpaired) electrons. The molecule has 0 aromatic heterocycles. The van der Waals surface area contributed by atoms with Gasteiger partial charge >= 0.3 is 6.03 Å². The predicted octanol–water partition coefficient (Wildman–Crippen LogP) is 4.34. The van der Waals surface area contributed by atoms with Crippen molar-refractivity contribution in [2.24, 2.45) is 0 Å². The standard InChI is InChI=1S/C18H18F2N2O2/c1-24-14-5-2-4-12(10-14)17-6-3-9-22(17)18(23)21-16-8-7-13(19)11-15(16)20/h2,4-5,7-8,10-11,17H,3,6,9H2,1H3,(H,21,23)/t17-/m1/s1. The molecule has 6 heteroatoms. The number of ether oxygens (including phenoxy) is 1. The van der Waals surface area contributed by atoms with E-state index in [9.17, 15) is 13.6 Å². The zero-order chi connectivity index (χ0) is 17.1. The van der Waals surface area contributed by atoms with E-state index >= 15 is 0 Å². The molecular weight excluding hydrogens is 314 g/mol. The number of carbonyl (C=O) groups excluding carboxylic acids is 1. The van der Waals surface area contributed by atoms with Crippen LogP contribution in [-0.4, -0.2) is 24.6 Å². The minimum absolute atomic E-state index is 0.0299. The lowest BCUT2D eigenvalue weighted by Gasteiger charge is -2.25. The molecule has 126 valence electrons. The van der Waals surface area contributed by atoms with Crippen molar-refractivity contribution in [1.29, 1.82) is 0 Å². The number of nitrogens with zero attached hydrogens (tertiary/aromatic N) is 1. The maximum Gasteiger partial charge on any atom is 0.322 e. The van der Waals surface area contributed by atoms with Crippen LogP contribution in [0, 0.1) is 11.6 Å². The average molecular weight is 332 g/mol. The molecule has 1 N–H and O–H groups in total. The van der Waals surface area contributed by atoms with Gasteiger partial charge in [-0.15, -0.1) is 0 Å². The van der Waals surface area contributed by atoms with Crippen molar-refractivity contribution in [3.8, 4) is 5.75 Å². The summed E-state index contributed by atoms with van der Waals surface area (Å²) in [5, 5.41) is 2.52. The van der Waals surface area contributed by atoms with Crippen LogP contribution in [-0.2, 0) is 0 Å². The number of rotatable bonds is 3. The Balaban J connectivity index is 1.78. The Morgan fingerprint density at radius 3 is 2.83 bits per heavy atom. The van der Waals surface area contributed by atoms with Gasteiger partial charge in [0.15, 0.2) is 0 Å². The molecule has 2 aromatic rings. The lowest BCUT2D eigenvalue weighted by Crippen LogP contribution is -2.34. The van der Waals surface area contributed by atoms with E-state index in [-0.39, 0.29) is 11.7 Å². The number of likely N-dealkylation sites (tertiary alicyclic amines) is 1. The van der Waals surface area contributed by atoms with E-state index in [0.717, 1.165) is 36.3 Å². The highest BCUT2D eigenvalue weighted by Gasteiger charge is 2.30. The number of carbonyl (C=O) groups is 1. The van der Waals surface area contributed by atoms with Gasteiger partial charge in [0, 0.05) is 12.6 Å². The Bertz CT molecular complexity index is 752. The molecule has 1 heterocycles. The largest absolute Gasteiger partial charge is 0.497 e. The van der Waals surface area contributed by atoms with Gasteiger partial charge in [0.05, 0.1) is 18.8 Å². The summed E-state index contributed by atoms with van der Waals surface area (Å²) in [6, 6.07) is 10.2. The highest BCUT2D eigenvalue weighted by Crippen LogP contribution is 2.34. The first-order valence-electron chi connectivity index (χ1n) is 7.75. The molecule has 4 nitrogen and oxygen atoms in total. The first-order valence-corrected chi connectivity index (χ1v) is 7.75. The second-order valence-corrected chi connectivity index (χ2v) is 5.68. The summed E-state index contributed by atoms with van der Waals surface area (Å²) in [6.45, 7) is 0.580. The smallest absolute Gasteiger partial charge is 0.322 e. The molecule has 1 saturated heterocycles. The zero-order valence-corrected chi connectivity index (χ0v) is 13.3. The quantitative estimate of drug-likeness (QED) is 0.908. The second-order valence-electron chi connectivity index (χ2n) is 5.68. The topological polar surface area (TPSA) is 41.6 Å². The number of hydrogen-bond donors (Lipinski definition) is 1. The van der Waals surface area contributed by atoms with Gasteiger partial charge in [-0.05, 0) is 42.7 Å². The van der Waals surface area contributed by atoms with Gasteiger partial charge in [0.1, 0.15) is 17.4 Å². The number of methoxy groups -OCH3 is 1. The number of hydrogen-bond acceptors (Lipinski definition) is 2. The third kappa shape index (κ3) is 3.32. The fraction of sp³-hybridized carbons (Fsp3) is 0.278. The average Bonchev–Trinajstić information content (AvgIpc) is 3.07. The van der Waals surface area contributed by atoms with Gasteiger partial charge in [0.2, 0.25) is 0 Å². The van der Waals surface area contributed by atoms with E-state index in [2.05, 4.69) is 5.32 Å². The molecule has 1 atom stereocenters. The van der Waals surface area contributed by atoms with Crippen LogP contribution in [0.15, 0.2) is 42.5 Å². The van der Waals surface area contributed by atoms with Crippen molar-refractivity contribution in [2.75, 3.05) is 19.0 Å². The summed E-state index contributed by atoms with van der Waals surface area (Å²) >= 11 is 0. The molecule has 2 aromatic carbocycles. The molecule has 0 unspecified atom stereocenters. The fourth-order valence-electron chi connectivity index (χ4n) is 2.98. The zero-order valence-electron chi connectivity index (χ0n) is 13.3. The van der Waals surface area contributed by atoms with Crippen molar-refractivity contribution >= 4 is 11.7 Å². The maximum atomic E-state index is 13.7. The highest BCUT2D eigenvalue weighted by atomic mass is 19.1. The third-order valence-corrected chi connectivity index (χ3v) is 4.16. The first kappa shape index (κ1) is 16.2. The molecule has 24 heavy (non-hydrogen) atoms. The van der Waals surface area contributed by atoms with Crippen molar-refractivity contribution in [2.45, 2.75) is 18.9 Å². The number of anilines is 1. The summed E-state index contributed by atoms with van der Waals surface area (Å²) in [7, 11) is 1.59. The summed E-state index contributed by atoms with van der Waals surface area (Å²) in [4.78, 5) is 14.2. The van der Waals surface area contributed by atoms with Crippen molar-refractivity contribution in [3.63, 3.8) is 0 Å². The van der Waals surface area contributed by atoms with Crippen LogP contribution in [0.4, 0.5) is 19.3 Å². The van der Waals surface area contributed by atoms with Gasteiger partial charge < -0.3 is 15.0 Å². The van der Waals surface area contributed by atoms with Crippen molar-refractivity contribution in [3.05, 3.63) is 59.7 Å². The molecule has 3 rings (SSSR count). The minimum Gasteiger partial charge on any atom is -0.497 e. The SMILES string of the molecule is COc1cccc([C@H]2CCCN2C(=O)Nc2ccc(F)cc2F)c1. The first-order chi connectivity index (χ1) is 11.6. The Labute approximate surface area is 139 Å². The molecule has 0 aliphatic carbocycles. The van der Waals surface area contributed by atoms with Crippen LogP contribution in [0.25, 0.3) is 0 Å². The summed E-state index contributed by atoms with van der Waals surface area (Å²) < 4.78 is 31.9. The third-order valence-electron chi connectivity index (χ3n) is 4.16. The van der Waals surface area contributed by atoms with E-state index in [1.165, 1.54) is 6.07 Å². The van der Waals surface area contributed by atoms with Crippen LogP contribution in [0.2, 0.25) is 0 Å². The Kier molecular flexibility index (Phi) is 4.64. The van der Waals surface area contributed by atoms with Gasteiger partial charge in [0.25, 0.3) is 0 Å². The van der Waals surface area contributed by atoms with E-state index in [1.54, 1.807) is 12.0 Å². The molecule has 0 saturated carbocycles. The van der Waals surface area contributed by atoms with Gasteiger partial charge in [-0.1, -0.05) is 12.1 Å². The van der Waals surface area contributed by atoms with E-state index < -0.39 is 17.7 Å². The fourth-order valence-corrected chi connectivity index (χ4v) is 2.98. The molecule has 2 amide bonds. The lowest BCUT2D eigenvalue weighted by atomic mass is 10.0. The van der Waals surface area contributed by atoms with Crippen molar-refractivity contribution in [1.82, 2.24) is 4.90 Å². The summed E-state index contributed by atoms with van der Waals surface area (Å²) in [5.41, 5.74) is 0.944. The lowest BCUT2D eigenvalue weighted by molar-refractivity contribution is 0.207. The van der Waals surface area contributed by atoms with E-state index in [0.29, 0.717) is 6.54 Å². The van der Waals surface area contributed by atoms with Gasteiger partial charge in [-0.2, -0.15) is 0 Å². The maximum absolute atomic E-state index is 13.7. The van der Waals surface area contributed by atoms with E-state index in [1.807, 2.05) is 24.3 Å². The second kappa shape index (κ2) is 6.86. The summed E-state index contributed by atoms with van der Waals surface area (Å²) in [5.74, 6) is -0.745. The normalized spacial score (nSPS) is 17.0. The van der Waals surface area contributed by atoms with E-state index in [4.69, 9.17) is 4.74 Å². The van der Waals surface area contributed by atoms with Crippen LogP contribution < -0.4 is 10.1 Å². The number of amides is 2. The van der Waals surface area contributed by atoms with Crippen LogP contribution in [0.5, 0.6) is 5.75 Å². The number of nitrogens with one attached hydrogen (secondary N) is 1. The van der Waals surface area contributed by atoms with Crippen LogP contribution in [0.1, 0.15) is 24.4 Å². The van der Waals surface area contributed by atoms with Crippen LogP contribution in [0.3, 0.4) is 0 Å². The predicted molar refractivity (Wildman–Crippen MR) is 87.1 cm³/mol.